The predicted molar refractivity (Wildman–Crippen MR) is 77.2 cm³/mol. The Hall–Kier alpha value is -1.99. The summed E-state index contributed by atoms with van der Waals surface area (Å²) in [6, 6.07) is 1.47. The molecule has 1 aromatic heterocycles. The minimum absolute atomic E-state index is 0.00683. The zero-order chi connectivity index (χ0) is 16.2. The van der Waals surface area contributed by atoms with Crippen molar-refractivity contribution in [3.05, 3.63) is 59.4 Å². The van der Waals surface area contributed by atoms with Gasteiger partial charge in [-0.25, -0.2) is 13.2 Å². The summed E-state index contributed by atoms with van der Waals surface area (Å²) in [7, 11) is 0. The van der Waals surface area contributed by atoms with Crippen molar-refractivity contribution in [2.45, 2.75) is 25.0 Å². The number of benzene rings is 1. The largest absolute Gasteiger partial charge is 0.375 e. The summed E-state index contributed by atoms with van der Waals surface area (Å²) in [6.07, 6.45) is 5.86. The van der Waals surface area contributed by atoms with Gasteiger partial charge in [-0.3, -0.25) is 9.97 Å². The first-order valence-electron chi connectivity index (χ1n) is 7.34. The molecule has 1 aromatic carbocycles. The quantitative estimate of drug-likeness (QED) is 0.859. The van der Waals surface area contributed by atoms with Gasteiger partial charge in [0.05, 0.1) is 18.9 Å². The zero-order valence-corrected chi connectivity index (χ0v) is 12.3. The minimum atomic E-state index is -1.20. The molecule has 1 aliphatic heterocycles. The Morgan fingerprint density at radius 2 is 1.96 bits per heavy atom. The van der Waals surface area contributed by atoms with E-state index in [-0.39, 0.29) is 24.1 Å². The molecule has 1 N–H and O–H groups in total. The number of aromatic nitrogens is 2. The highest BCUT2D eigenvalue weighted by atomic mass is 19.2. The maximum atomic E-state index is 13.5. The first-order chi connectivity index (χ1) is 11.1. The maximum Gasteiger partial charge on any atom is 0.161 e. The fourth-order valence-corrected chi connectivity index (χ4v) is 2.68. The number of rotatable bonds is 5. The molecule has 1 fully saturated rings. The second kappa shape index (κ2) is 7.06. The van der Waals surface area contributed by atoms with Gasteiger partial charge in [-0.1, -0.05) is 0 Å². The maximum absolute atomic E-state index is 13.5. The molecule has 1 saturated heterocycles. The van der Waals surface area contributed by atoms with Crippen LogP contribution in [0.15, 0.2) is 30.7 Å². The number of halogens is 3. The Balaban J connectivity index is 1.50. The highest BCUT2D eigenvalue weighted by molar-refractivity contribution is 5.19. The number of nitrogens with zero attached hydrogens (tertiary/aromatic N) is 2. The van der Waals surface area contributed by atoms with Crippen LogP contribution in [0.3, 0.4) is 0 Å². The smallest absolute Gasteiger partial charge is 0.161 e. The lowest BCUT2D eigenvalue weighted by molar-refractivity contribution is 0.101. The van der Waals surface area contributed by atoms with Crippen LogP contribution in [0, 0.1) is 17.5 Å². The van der Waals surface area contributed by atoms with Crippen LogP contribution in [0.4, 0.5) is 13.2 Å². The summed E-state index contributed by atoms with van der Waals surface area (Å²) < 4.78 is 44.9. The molecule has 7 heteroatoms. The number of ether oxygens (including phenoxy) is 1. The van der Waals surface area contributed by atoms with Crippen LogP contribution >= 0.6 is 0 Å². The molecule has 1 aliphatic rings. The molecule has 0 saturated carbocycles. The molecule has 0 bridgehead atoms. The van der Waals surface area contributed by atoms with Gasteiger partial charge in [0.25, 0.3) is 0 Å². The van der Waals surface area contributed by atoms with E-state index in [9.17, 15) is 13.2 Å². The molecular formula is C16H16F3N3O. The van der Waals surface area contributed by atoms with E-state index in [1.54, 1.807) is 18.6 Å². The van der Waals surface area contributed by atoms with Crippen molar-refractivity contribution in [2.24, 2.45) is 0 Å². The molecule has 0 amide bonds. The first-order valence-corrected chi connectivity index (χ1v) is 7.34. The molecule has 2 heterocycles. The standard InChI is InChI=1S/C16H16F3N3O/c17-13-5-15(19)14(18)4-11(13)8-23-9-12-3-10(6-22-12)16-7-20-1-2-21-16/h1-2,4-5,7,10,12,22H,3,6,8-9H2/t10-,12+/m1/s1. The third kappa shape index (κ3) is 3.86. The molecule has 2 atom stereocenters. The van der Waals surface area contributed by atoms with Crippen molar-refractivity contribution in [2.75, 3.05) is 13.2 Å². The average molecular weight is 323 g/mol. The van der Waals surface area contributed by atoms with Crippen molar-refractivity contribution in [3.8, 4) is 0 Å². The van der Waals surface area contributed by atoms with Gasteiger partial charge in [-0.15, -0.1) is 0 Å². The van der Waals surface area contributed by atoms with Crippen LogP contribution in [-0.2, 0) is 11.3 Å². The van der Waals surface area contributed by atoms with E-state index in [0.717, 1.165) is 24.7 Å². The lowest BCUT2D eigenvalue weighted by atomic mass is 10.0. The molecule has 0 unspecified atom stereocenters. The van der Waals surface area contributed by atoms with E-state index in [4.69, 9.17) is 4.74 Å². The van der Waals surface area contributed by atoms with Gasteiger partial charge in [-0.2, -0.15) is 0 Å². The third-order valence-corrected chi connectivity index (χ3v) is 3.89. The van der Waals surface area contributed by atoms with Gasteiger partial charge in [0.1, 0.15) is 5.82 Å². The van der Waals surface area contributed by atoms with Crippen LogP contribution in [0.2, 0.25) is 0 Å². The van der Waals surface area contributed by atoms with Gasteiger partial charge in [-0.05, 0) is 12.5 Å². The van der Waals surface area contributed by atoms with Crippen molar-refractivity contribution in [1.82, 2.24) is 15.3 Å². The van der Waals surface area contributed by atoms with Crippen LogP contribution in [0.5, 0.6) is 0 Å². The summed E-state index contributed by atoms with van der Waals surface area (Å²) in [5, 5.41) is 3.31. The second-order valence-electron chi connectivity index (χ2n) is 5.54. The Morgan fingerprint density at radius 1 is 1.13 bits per heavy atom. The SMILES string of the molecule is Fc1cc(F)c(COC[C@@H]2C[C@@H](c3cnccn3)CN2)cc1F. The van der Waals surface area contributed by atoms with Crippen molar-refractivity contribution in [3.63, 3.8) is 0 Å². The molecule has 4 nitrogen and oxygen atoms in total. The highest BCUT2D eigenvalue weighted by Gasteiger charge is 2.26. The summed E-state index contributed by atoms with van der Waals surface area (Å²) in [4.78, 5) is 8.33. The van der Waals surface area contributed by atoms with Gasteiger partial charge in [0.15, 0.2) is 11.6 Å². The Morgan fingerprint density at radius 3 is 2.74 bits per heavy atom. The van der Waals surface area contributed by atoms with Crippen LogP contribution in [-0.4, -0.2) is 29.2 Å². The van der Waals surface area contributed by atoms with Crippen molar-refractivity contribution in [1.29, 1.82) is 0 Å². The molecule has 122 valence electrons. The molecule has 23 heavy (non-hydrogen) atoms. The fraction of sp³-hybridized carbons (Fsp3) is 0.375. The van der Waals surface area contributed by atoms with Gasteiger partial charge in [0.2, 0.25) is 0 Å². The minimum Gasteiger partial charge on any atom is -0.375 e. The Bertz CT molecular complexity index is 669. The van der Waals surface area contributed by atoms with E-state index in [0.29, 0.717) is 12.7 Å². The third-order valence-electron chi connectivity index (χ3n) is 3.89. The summed E-state index contributed by atoms with van der Waals surface area (Å²) in [5.74, 6) is -2.82. The summed E-state index contributed by atoms with van der Waals surface area (Å²) >= 11 is 0. The van der Waals surface area contributed by atoms with E-state index in [2.05, 4.69) is 15.3 Å². The topological polar surface area (TPSA) is 47.0 Å². The van der Waals surface area contributed by atoms with Crippen molar-refractivity contribution < 1.29 is 17.9 Å². The molecule has 3 rings (SSSR count). The van der Waals surface area contributed by atoms with Crippen LogP contribution < -0.4 is 5.32 Å². The van der Waals surface area contributed by atoms with E-state index >= 15 is 0 Å². The highest BCUT2D eigenvalue weighted by Crippen LogP contribution is 2.24. The fourth-order valence-electron chi connectivity index (χ4n) is 2.68. The molecule has 0 spiro atoms. The molecule has 2 aromatic rings. The predicted octanol–water partition coefficient (Wildman–Crippen LogP) is 2.56. The number of nitrogens with one attached hydrogen (secondary N) is 1. The second-order valence-corrected chi connectivity index (χ2v) is 5.54. The van der Waals surface area contributed by atoms with E-state index < -0.39 is 17.5 Å². The van der Waals surface area contributed by atoms with Gasteiger partial charge >= 0.3 is 0 Å². The van der Waals surface area contributed by atoms with Gasteiger partial charge < -0.3 is 10.1 Å². The summed E-state index contributed by atoms with van der Waals surface area (Å²) in [6.45, 7) is 1.03. The molecular weight excluding hydrogens is 307 g/mol. The number of hydrogen-bond donors (Lipinski definition) is 1. The Kier molecular flexibility index (Phi) is 4.88. The first kappa shape index (κ1) is 15.9. The molecule has 0 radical (unpaired) electrons. The average Bonchev–Trinajstić information content (AvgIpc) is 3.02. The monoisotopic (exact) mass is 323 g/mol. The van der Waals surface area contributed by atoms with E-state index in [1.165, 1.54) is 0 Å². The summed E-state index contributed by atoms with van der Waals surface area (Å²) in [5.41, 5.74) is 0.932. The normalized spacial score (nSPS) is 20.8. The lowest BCUT2D eigenvalue weighted by Crippen LogP contribution is -2.26. The zero-order valence-electron chi connectivity index (χ0n) is 12.3. The Labute approximate surface area is 131 Å². The van der Waals surface area contributed by atoms with Crippen molar-refractivity contribution >= 4 is 0 Å². The van der Waals surface area contributed by atoms with E-state index in [1.807, 2.05) is 0 Å². The molecule has 0 aliphatic carbocycles. The number of hydrogen-bond acceptors (Lipinski definition) is 4. The lowest BCUT2D eigenvalue weighted by Gasteiger charge is -2.12. The van der Waals surface area contributed by atoms with Crippen LogP contribution in [0.25, 0.3) is 0 Å². The van der Waals surface area contributed by atoms with Gasteiger partial charge in [0, 0.05) is 48.7 Å². The van der Waals surface area contributed by atoms with Crippen LogP contribution in [0.1, 0.15) is 23.6 Å².